The van der Waals surface area contributed by atoms with Crippen LogP contribution in [0.2, 0.25) is 0 Å². The molecule has 0 saturated heterocycles. The molecule has 0 bridgehead atoms. The minimum Gasteiger partial charge on any atom is -0.349 e. The molecule has 3 rings (SSSR count). The van der Waals surface area contributed by atoms with Gasteiger partial charge in [0.25, 0.3) is 5.91 Å². The van der Waals surface area contributed by atoms with Gasteiger partial charge in [0.2, 0.25) is 0 Å². The predicted octanol–water partition coefficient (Wildman–Crippen LogP) is 4.39. The average Bonchev–Trinajstić information content (AvgIpc) is 3.17. The number of hydrogen-bond acceptors (Lipinski definition) is 2. The second-order valence-corrected chi connectivity index (χ2v) is 6.61. The molecule has 0 aliphatic carbocycles. The fourth-order valence-electron chi connectivity index (χ4n) is 2.99. The number of carbonyl (C=O) groups is 1. The van der Waals surface area contributed by atoms with E-state index in [1.807, 2.05) is 37.3 Å². The summed E-state index contributed by atoms with van der Waals surface area (Å²) < 4.78 is 0. The van der Waals surface area contributed by atoms with Crippen LogP contribution in [0.1, 0.15) is 41.8 Å². The highest BCUT2D eigenvalue weighted by molar-refractivity contribution is 5.99. The summed E-state index contributed by atoms with van der Waals surface area (Å²) in [5.41, 5.74) is 4.88. The molecule has 0 saturated carbocycles. The molecule has 0 spiro atoms. The maximum absolute atomic E-state index is 12.7. The fourth-order valence-corrected chi connectivity index (χ4v) is 2.99. The van der Waals surface area contributed by atoms with Crippen LogP contribution in [-0.4, -0.2) is 22.1 Å². The number of H-pyrrole nitrogens is 1. The van der Waals surface area contributed by atoms with Crippen LogP contribution in [0.5, 0.6) is 0 Å². The van der Waals surface area contributed by atoms with E-state index in [-0.39, 0.29) is 11.9 Å². The Hall–Kier alpha value is -2.88. The summed E-state index contributed by atoms with van der Waals surface area (Å²) in [7, 11) is 0. The highest BCUT2D eigenvalue weighted by Gasteiger charge is 2.17. The van der Waals surface area contributed by atoms with Gasteiger partial charge in [-0.25, -0.2) is 0 Å². The van der Waals surface area contributed by atoms with Crippen LogP contribution < -0.4 is 5.32 Å². The molecule has 2 N–H and O–H groups in total. The quantitative estimate of drug-likeness (QED) is 0.666. The van der Waals surface area contributed by atoms with Crippen molar-refractivity contribution in [1.82, 2.24) is 15.5 Å². The number of nitrogens with zero attached hydrogens (tertiary/aromatic N) is 1. The van der Waals surface area contributed by atoms with Gasteiger partial charge in [0, 0.05) is 11.6 Å². The third-order valence-electron chi connectivity index (χ3n) is 4.62. The normalized spacial score (nSPS) is 11.9. The molecule has 1 amide bonds. The number of nitrogens with one attached hydrogen (secondary N) is 2. The third-order valence-corrected chi connectivity index (χ3v) is 4.62. The number of aromatic amines is 1. The summed E-state index contributed by atoms with van der Waals surface area (Å²) in [6, 6.07) is 18.6. The van der Waals surface area contributed by atoms with E-state index < -0.39 is 0 Å². The Morgan fingerprint density at radius 3 is 2.50 bits per heavy atom. The van der Waals surface area contributed by atoms with Crippen LogP contribution in [0.25, 0.3) is 11.3 Å². The van der Waals surface area contributed by atoms with Gasteiger partial charge in [-0.3, -0.25) is 9.89 Å². The number of hydrogen-bond donors (Lipinski definition) is 2. The molecule has 1 heterocycles. The molecule has 4 nitrogen and oxygen atoms in total. The first-order valence-corrected chi connectivity index (χ1v) is 9.15. The lowest BCUT2D eigenvalue weighted by Gasteiger charge is -2.14. The molecule has 2 aromatic carbocycles. The minimum absolute atomic E-state index is 0.0890. The lowest BCUT2D eigenvalue weighted by atomic mass is 10.0. The Balaban J connectivity index is 1.64. The Bertz CT molecular complexity index is 837. The van der Waals surface area contributed by atoms with E-state index in [0.29, 0.717) is 5.56 Å². The van der Waals surface area contributed by atoms with Crippen molar-refractivity contribution in [3.8, 4) is 11.3 Å². The van der Waals surface area contributed by atoms with Crippen LogP contribution in [-0.2, 0) is 12.8 Å². The average molecular weight is 347 g/mol. The van der Waals surface area contributed by atoms with Crippen LogP contribution in [0, 0.1) is 0 Å². The van der Waals surface area contributed by atoms with Crippen molar-refractivity contribution in [2.45, 2.75) is 39.2 Å². The van der Waals surface area contributed by atoms with E-state index in [4.69, 9.17) is 0 Å². The van der Waals surface area contributed by atoms with Crippen LogP contribution >= 0.6 is 0 Å². The number of aromatic nitrogens is 2. The van der Waals surface area contributed by atoms with E-state index in [9.17, 15) is 4.79 Å². The number of aryl methyl sites for hydroxylation is 2. The SMILES string of the molecule is CCc1ccc(-c2[nH]ncc2C(=O)N[C@H](C)CCc2ccccc2)cc1. The van der Waals surface area contributed by atoms with Crippen LogP contribution in [0.15, 0.2) is 60.8 Å². The summed E-state index contributed by atoms with van der Waals surface area (Å²) >= 11 is 0. The Kier molecular flexibility index (Phi) is 5.84. The summed E-state index contributed by atoms with van der Waals surface area (Å²) in [4.78, 5) is 12.7. The van der Waals surface area contributed by atoms with Crippen molar-refractivity contribution < 1.29 is 4.79 Å². The van der Waals surface area contributed by atoms with Crippen molar-refractivity contribution in [2.24, 2.45) is 0 Å². The van der Waals surface area contributed by atoms with Crippen molar-refractivity contribution in [3.63, 3.8) is 0 Å². The molecule has 134 valence electrons. The minimum atomic E-state index is -0.0890. The second kappa shape index (κ2) is 8.48. The highest BCUT2D eigenvalue weighted by atomic mass is 16.1. The van der Waals surface area contributed by atoms with Gasteiger partial charge in [-0.2, -0.15) is 5.10 Å². The van der Waals surface area contributed by atoms with Gasteiger partial charge in [-0.05, 0) is 37.3 Å². The van der Waals surface area contributed by atoms with Crippen LogP contribution in [0.4, 0.5) is 0 Å². The summed E-state index contributed by atoms with van der Waals surface area (Å²) in [5, 5.41) is 10.1. The van der Waals surface area contributed by atoms with Gasteiger partial charge in [0.1, 0.15) is 0 Å². The lowest BCUT2D eigenvalue weighted by molar-refractivity contribution is 0.0939. The van der Waals surface area contributed by atoms with E-state index in [0.717, 1.165) is 30.5 Å². The van der Waals surface area contributed by atoms with E-state index in [1.165, 1.54) is 11.1 Å². The largest absolute Gasteiger partial charge is 0.349 e. The van der Waals surface area contributed by atoms with Gasteiger partial charge in [0.05, 0.1) is 17.5 Å². The van der Waals surface area contributed by atoms with E-state index in [1.54, 1.807) is 6.20 Å². The number of rotatable bonds is 7. The molecule has 1 atom stereocenters. The molecular weight excluding hydrogens is 322 g/mol. The summed E-state index contributed by atoms with van der Waals surface area (Å²) in [5.74, 6) is -0.0890. The van der Waals surface area contributed by atoms with Gasteiger partial charge < -0.3 is 5.32 Å². The Morgan fingerprint density at radius 1 is 1.08 bits per heavy atom. The van der Waals surface area contributed by atoms with Crippen molar-refractivity contribution in [1.29, 1.82) is 0 Å². The zero-order valence-corrected chi connectivity index (χ0v) is 15.3. The second-order valence-electron chi connectivity index (χ2n) is 6.61. The lowest BCUT2D eigenvalue weighted by Crippen LogP contribution is -2.33. The summed E-state index contributed by atoms with van der Waals surface area (Å²) in [6.07, 6.45) is 4.44. The fraction of sp³-hybridized carbons (Fsp3) is 0.273. The molecule has 3 aromatic rings. The molecule has 0 radical (unpaired) electrons. The molecule has 26 heavy (non-hydrogen) atoms. The third kappa shape index (κ3) is 4.39. The molecule has 0 fully saturated rings. The number of benzene rings is 2. The van der Waals surface area contributed by atoms with Gasteiger partial charge in [-0.15, -0.1) is 0 Å². The maximum Gasteiger partial charge on any atom is 0.255 e. The monoisotopic (exact) mass is 347 g/mol. The molecule has 0 aliphatic heterocycles. The first-order valence-electron chi connectivity index (χ1n) is 9.15. The maximum atomic E-state index is 12.7. The van der Waals surface area contributed by atoms with Crippen LogP contribution in [0.3, 0.4) is 0 Å². The first kappa shape index (κ1) is 17.9. The number of amides is 1. The van der Waals surface area contributed by atoms with Crippen molar-refractivity contribution in [2.75, 3.05) is 0 Å². The Labute approximate surface area is 154 Å². The standard InChI is InChI=1S/C22H25N3O/c1-3-17-11-13-19(14-12-17)21-20(15-23-25-21)22(26)24-16(2)9-10-18-7-5-4-6-8-18/h4-8,11-16H,3,9-10H2,1-2H3,(H,23,25)(H,24,26)/t16-/m1/s1. The zero-order chi connectivity index (χ0) is 18.4. The Morgan fingerprint density at radius 2 is 1.81 bits per heavy atom. The zero-order valence-electron chi connectivity index (χ0n) is 15.3. The highest BCUT2D eigenvalue weighted by Crippen LogP contribution is 2.22. The number of carbonyl (C=O) groups excluding carboxylic acids is 1. The van der Waals surface area contributed by atoms with Crippen molar-refractivity contribution in [3.05, 3.63) is 77.5 Å². The topological polar surface area (TPSA) is 57.8 Å². The summed E-state index contributed by atoms with van der Waals surface area (Å²) in [6.45, 7) is 4.16. The van der Waals surface area contributed by atoms with Gasteiger partial charge >= 0.3 is 0 Å². The first-order chi connectivity index (χ1) is 12.7. The molecule has 0 unspecified atom stereocenters. The predicted molar refractivity (Wildman–Crippen MR) is 105 cm³/mol. The van der Waals surface area contributed by atoms with Gasteiger partial charge in [-0.1, -0.05) is 61.5 Å². The molecular formula is C22H25N3O. The molecule has 4 heteroatoms. The van der Waals surface area contributed by atoms with Crippen molar-refractivity contribution >= 4 is 5.91 Å². The van der Waals surface area contributed by atoms with E-state index in [2.05, 4.69) is 46.7 Å². The smallest absolute Gasteiger partial charge is 0.255 e. The molecule has 1 aromatic heterocycles. The van der Waals surface area contributed by atoms with Gasteiger partial charge in [0.15, 0.2) is 0 Å². The van der Waals surface area contributed by atoms with E-state index >= 15 is 0 Å². The molecule has 0 aliphatic rings.